The van der Waals surface area contributed by atoms with Crippen LogP contribution >= 0.6 is 0 Å². The number of nitrogens with zero attached hydrogens (tertiary/aromatic N) is 3. The molecular formula is C18H21F2N5O3. The molecule has 8 nitrogen and oxygen atoms in total. The predicted molar refractivity (Wildman–Crippen MR) is 101 cm³/mol. The number of nitrogens with two attached hydrogens (primary N) is 1. The van der Waals surface area contributed by atoms with E-state index < -0.39 is 24.2 Å². The molecule has 3 N–H and O–H groups in total. The maximum absolute atomic E-state index is 13.1. The number of carbonyl (C=O) groups is 1. The first-order chi connectivity index (χ1) is 13.2. The van der Waals surface area contributed by atoms with Crippen LogP contribution in [-0.4, -0.2) is 48.5 Å². The highest BCUT2D eigenvalue weighted by molar-refractivity contribution is 6.20. The monoisotopic (exact) mass is 393 g/mol. The first-order valence-corrected chi connectivity index (χ1v) is 8.43. The van der Waals surface area contributed by atoms with Crippen molar-refractivity contribution in [3.05, 3.63) is 29.9 Å². The molecule has 2 aromatic rings. The molecule has 28 heavy (non-hydrogen) atoms. The van der Waals surface area contributed by atoms with E-state index in [0.29, 0.717) is 11.3 Å². The summed E-state index contributed by atoms with van der Waals surface area (Å²) in [5, 5.41) is 3.16. The molecule has 3 rings (SSSR count). The van der Waals surface area contributed by atoms with Crippen LogP contribution in [0.25, 0.3) is 16.5 Å². The topological polar surface area (TPSA) is 104 Å². The number of alkyl halides is 2. The fourth-order valence-corrected chi connectivity index (χ4v) is 3.00. The second kappa shape index (κ2) is 7.10. The number of aliphatic imine (C=N–C) groups is 1. The number of methoxy groups -OCH3 is 2. The molecule has 0 spiro atoms. The highest BCUT2D eigenvalue weighted by Gasteiger charge is 2.61. The Balaban J connectivity index is 2.00. The highest BCUT2D eigenvalue weighted by Crippen LogP contribution is 2.49. The molecule has 1 atom stereocenters. The Bertz CT molecular complexity index is 997. The second-order valence-electron chi connectivity index (χ2n) is 6.40. The van der Waals surface area contributed by atoms with Crippen LogP contribution in [0.2, 0.25) is 0 Å². The highest BCUT2D eigenvalue weighted by atomic mass is 19.3. The van der Waals surface area contributed by atoms with E-state index in [4.69, 9.17) is 15.2 Å². The zero-order valence-corrected chi connectivity index (χ0v) is 15.9. The van der Waals surface area contributed by atoms with Gasteiger partial charge in [-0.1, -0.05) is 0 Å². The van der Waals surface area contributed by atoms with Gasteiger partial charge in [0.1, 0.15) is 17.3 Å². The molecule has 0 aliphatic heterocycles. The molecule has 1 fully saturated rings. The summed E-state index contributed by atoms with van der Waals surface area (Å²) in [6.45, 7) is 0. The van der Waals surface area contributed by atoms with E-state index in [9.17, 15) is 13.6 Å². The van der Waals surface area contributed by atoms with Crippen molar-refractivity contribution in [3.63, 3.8) is 0 Å². The van der Waals surface area contributed by atoms with Crippen molar-refractivity contribution in [1.29, 1.82) is 0 Å². The van der Waals surface area contributed by atoms with E-state index in [2.05, 4.69) is 15.3 Å². The Labute approximate surface area is 160 Å². The third-order valence-electron chi connectivity index (χ3n) is 4.66. The van der Waals surface area contributed by atoms with Gasteiger partial charge in [0, 0.05) is 25.9 Å². The average Bonchev–Trinajstić information content (AvgIpc) is 3.20. The van der Waals surface area contributed by atoms with Gasteiger partial charge in [0.25, 0.3) is 5.92 Å². The van der Waals surface area contributed by atoms with Gasteiger partial charge in [-0.25, -0.2) is 13.8 Å². The number of hydrogen-bond acceptors (Lipinski definition) is 6. The molecule has 1 amide bonds. The summed E-state index contributed by atoms with van der Waals surface area (Å²) in [7, 11) is 6.27. The summed E-state index contributed by atoms with van der Waals surface area (Å²) < 4.78 is 38.4. The smallest absolute Gasteiger partial charge is 0.260 e. The van der Waals surface area contributed by atoms with Gasteiger partial charge in [0.2, 0.25) is 11.8 Å². The minimum Gasteiger partial charge on any atom is -0.482 e. The number of aromatic nitrogens is 2. The normalized spacial score (nSPS) is 19.2. The lowest BCUT2D eigenvalue weighted by Crippen LogP contribution is -2.18. The summed E-state index contributed by atoms with van der Waals surface area (Å²) in [6.07, 6.45) is 1.10. The zero-order chi connectivity index (χ0) is 20.6. The Hall–Kier alpha value is -3.17. The molecule has 0 saturated heterocycles. The molecule has 1 saturated carbocycles. The molecule has 2 aromatic heterocycles. The number of halogens is 2. The van der Waals surface area contributed by atoms with Crippen molar-refractivity contribution in [2.75, 3.05) is 26.6 Å². The fourth-order valence-electron chi connectivity index (χ4n) is 3.00. The number of nitrogens with one attached hydrogen (secondary N) is 1. The van der Waals surface area contributed by atoms with E-state index in [1.807, 2.05) is 4.57 Å². The first kappa shape index (κ1) is 19.6. The third kappa shape index (κ3) is 3.37. The molecule has 150 valence electrons. The van der Waals surface area contributed by atoms with Crippen LogP contribution in [0.3, 0.4) is 0 Å². The van der Waals surface area contributed by atoms with Crippen LogP contribution in [0.5, 0.6) is 0 Å². The summed E-state index contributed by atoms with van der Waals surface area (Å²) >= 11 is 0. The Morgan fingerprint density at radius 2 is 2.07 bits per heavy atom. The van der Waals surface area contributed by atoms with E-state index >= 15 is 0 Å². The van der Waals surface area contributed by atoms with Crippen molar-refractivity contribution >= 4 is 34.1 Å². The minimum absolute atomic E-state index is 0.116. The van der Waals surface area contributed by atoms with E-state index in [0.717, 1.165) is 10.9 Å². The van der Waals surface area contributed by atoms with E-state index in [-0.39, 0.29) is 17.6 Å². The van der Waals surface area contributed by atoms with Gasteiger partial charge < -0.3 is 25.1 Å². The van der Waals surface area contributed by atoms with Crippen LogP contribution in [0.15, 0.2) is 29.2 Å². The van der Waals surface area contributed by atoms with Crippen LogP contribution in [0.4, 0.5) is 14.6 Å². The quantitative estimate of drug-likeness (QED) is 0.460. The standard InChI is InChI=1S/C18H21F2N5O3/c1-22-17(28-4)14(15(21)27-3)11-5-9-6-13(23-8-12(9)25(11)2)24-16(26)10-7-18(10,19)20/h5-6,8,10H,7,21H2,1-4H3,(H,23,24,26). The minimum atomic E-state index is -2.93. The largest absolute Gasteiger partial charge is 0.482 e. The first-order valence-electron chi connectivity index (χ1n) is 8.43. The van der Waals surface area contributed by atoms with Gasteiger partial charge in [0.15, 0.2) is 5.88 Å². The zero-order valence-electron chi connectivity index (χ0n) is 15.9. The number of rotatable bonds is 5. The number of ether oxygens (including phenoxy) is 2. The fraction of sp³-hybridized carbons (Fsp3) is 0.389. The lowest BCUT2D eigenvalue weighted by Gasteiger charge is -2.13. The van der Waals surface area contributed by atoms with Gasteiger partial charge in [0.05, 0.1) is 31.6 Å². The maximum atomic E-state index is 13.1. The summed E-state index contributed by atoms with van der Waals surface area (Å²) in [6, 6.07) is 3.40. The van der Waals surface area contributed by atoms with Gasteiger partial charge in [-0.2, -0.15) is 0 Å². The molecule has 10 heteroatoms. The second-order valence-corrected chi connectivity index (χ2v) is 6.40. The third-order valence-corrected chi connectivity index (χ3v) is 4.66. The van der Waals surface area contributed by atoms with Crippen LogP contribution in [0, 0.1) is 5.92 Å². The van der Waals surface area contributed by atoms with Crippen molar-refractivity contribution in [3.8, 4) is 0 Å². The van der Waals surface area contributed by atoms with Crippen LogP contribution < -0.4 is 11.1 Å². The van der Waals surface area contributed by atoms with Gasteiger partial charge in [-0.3, -0.25) is 9.79 Å². The van der Waals surface area contributed by atoms with Crippen LogP contribution in [-0.2, 0) is 21.3 Å². The maximum Gasteiger partial charge on any atom is 0.260 e. The molecule has 0 radical (unpaired) electrons. The summed E-state index contributed by atoms with van der Waals surface area (Å²) in [4.78, 5) is 20.1. The van der Waals surface area contributed by atoms with E-state index in [1.165, 1.54) is 20.4 Å². The molecular weight excluding hydrogens is 372 g/mol. The number of hydrogen-bond donors (Lipinski definition) is 2. The molecule has 2 heterocycles. The van der Waals surface area contributed by atoms with Gasteiger partial charge in [-0.05, 0) is 12.1 Å². The number of pyridine rings is 1. The lowest BCUT2D eigenvalue weighted by molar-refractivity contribution is -0.119. The molecule has 1 unspecified atom stereocenters. The van der Waals surface area contributed by atoms with Crippen molar-refractivity contribution < 1.29 is 23.0 Å². The Morgan fingerprint density at radius 1 is 1.39 bits per heavy atom. The Morgan fingerprint density at radius 3 is 2.61 bits per heavy atom. The molecule has 0 aromatic carbocycles. The van der Waals surface area contributed by atoms with Crippen molar-refractivity contribution in [2.24, 2.45) is 23.7 Å². The summed E-state index contributed by atoms with van der Waals surface area (Å²) in [5.41, 5.74) is 7.83. The van der Waals surface area contributed by atoms with Crippen LogP contribution in [0.1, 0.15) is 12.1 Å². The SMILES string of the molecule is CN=C(OC)C(=C(N)OC)c1cc2cc(NC(=O)C3CC3(F)F)ncc2n1C. The number of amides is 1. The Kier molecular flexibility index (Phi) is 4.97. The molecule has 1 aliphatic carbocycles. The summed E-state index contributed by atoms with van der Waals surface area (Å²) in [5.74, 6) is -4.37. The van der Waals surface area contributed by atoms with Crippen molar-refractivity contribution in [2.45, 2.75) is 12.3 Å². The predicted octanol–water partition coefficient (Wildman–Crippen LogP) is 2.12. The van der Waals surface area contributed by atoms with Gasteiger partial charge >= 0.3 is 0 Å². The average molecular weight is 393 g/mol. The number of anilines is 1. The molecule has 1 aliphatic rings. The number of fused-ring (bicyclic) bond motifs is 1. The van der Waals surface area contributed by atoms with Crippen molar-refractivity contribution in [1.82, 2.24) is 9.55 Å². The lowest BCUT2D eigenvalue weighted by atomic mass is 10.1. The number of aryl methyl sites for hydroxylation is 1. The number of carbonyl (C=O) groups excluding carboxylic acids is 1. The molecule has 0 bridgehead atoms. The van der Waals surface area contributed by atoms with E-state index in [1.54, 1.807) is 26.2 Å². The van der Waals surface area contributed by atoms with Gasteiger partial charge in [-0.15, -0.1) is 0 Å².